The zero-order valence-corrected chi connectivity index (χ0v) is 22.1. The fourth-order valence-corrected chi connectivity index (χ4v) is 4.45. The van der Waals surface area contributed by atoms with Crippen LogP contribution in [0.3, 0.4) is 0 Å². The molecule has 0 unspecified atom stereocenters. The Morgan fingerprint density at radius 1 is 1.08 bits per heavy atom. The number of hydrogen-bond donors (Lipinski definition) is 3. The Bertz CT molecular complexity index is 1350. The molecular formula is C28H29ClN4O5. The molecule has 1 aliphatic rings. The van der Waals surface area contributed by atoms with Crippen LogP contribution in [-0.4, -0.2) is 38.0 Å². The summed E-state index contributed by atoms with van der Waals surface area (Å²) in [5.74, 6) is -0.813. The molecule has 10 heteroatoms. The first-order valence-electron chi connectivity index (χ1n) is 12.0. The number of ether oxygens (including phenoxy) is 2. The fraction of sp³-hybridized carbons (Fsp3) is 0.250. The average molecular weight is 537 g/mol. The van der Waals surface area contributed by atoms with Gasteiger partial charge in [-0.15, -0.1) is 0 Å². The van der Waals surface area contributed by atoms with Crippen molar-refractivity contribution in [1.29, 1.82) is 0 Å². The zero-order valence-electron chi connectivity index (χ0n) is 21.3. The summed E-state index contributed by atoms with van der Waals surface area (Å²) in [5.41, 5.74) is 9.39. The first kappa shape index (κ1) is 26.8. The lowest BCUT2D eigenvalue weighted by Crippen LogP contribution is -2.36. The number of nitrogens with zero attached hydrogens (tertiary/aromatic N) is 1. The van der Waals surface area contributed by atoms with E-state index in [2.05, 4.69) is 16.2 Å². The predicted molar refractivity (Wildman–Crippen MR) is 147 cm³/mol. The molecule has 0 radical (unpaired) electrons. The smallest absolute Gasteiger partial charge is 0.262 e. The van der Waals surface area contributed by atoms with Gasteiger partial charge in [-0.25, -0.2) is 0 Å². The molecule has 0 aliphatic carbocycles. The van der Waals surface area contributed by atoms with E-state index in [0.29, 0.717) is 11.4 Å². The maximum absolute atomic E-state index is 12.7. The zero-order chi connectivity index (χ0) is 27.2. The lowest BCUT2D eigenvalue weighted by Gasteiger charge is -2.18. The molecule has 1 aliphatic heterocycles. The number of amides is 3. The molecule has 0 spiro atoms. The Morgan fingerprint density at radius 2 is 1.84 bits per heavy atom. The van der Waals surface area contributed by atoms with Crippen LogP contribution in [0.2, 0.25) is 5.02 Å². The van der Waals surface area contributed by atoms with Crippen molar-refractivity contribution in [2.24, 2.45) is 5.92 Å². The minimum Gasteiger partial charge on any atom is -0.493 e. The second kappa shape index (κ2) is 11.9. The molecule has 3 aromatic rings. The van der Waals surface area contributed by atoms with Crippen molar-refractivity contribution in [3.8, 4) is 11.5 Å². The highest BCUT2D eigenvalue weighted by Crippen LogP contribution is 2.38. The number of carbonyl (C=O) groups excluding carboxylic acids is 3. The van der Waals surface area contributed by atoms with E-state index in [1.807, 2.05) is 62.4 Å². The van der Waals surface area contributed by atoms with Gasteiger partial charge in [0.15, 0.2) is 18.1 Å². The van der Waals surface area contributed by atoms with Gasteiger partial charge in [-0.2, -0.15) is 0 Å². The van der Waals surface area contributed by atoms with E-state index in [-0.39, 0.29) is 53.8 Å². The van der Waals surface area contributed by atoms with Crippen LogP contribution in [0.5, 0.6) is 11.5 Å². The number of aryl methyl sites for hydroxylation is 2. The first-order chi connectivity index (χ1) is 18.2. The third kappa shape index (κ3) is 6.36. The van der Waals surface area contributed by atoms with E-state index in [4.69, 9.17) is 21.1 Å². The van der Waals surface area contributed by atoms with Gasteiger partial charge in [0.2, 0.25) is 11.8 Å². The summed E-state index contributed by atoms with van der Waals surface area (Å²) in [6.45, 7) is 3.91. The molecule has 0 saturated carbocycles. The van der Waals surface area contributed by atoms with E-state index in [1.54, 1.807) is 11.0 Å². The van der Waals surface area contributed by atoms with E-state index in [9.17, 15) is 14.4 Å². The summed E-state index contributed by atoms with van der Waals surface area (Å²) in [6.07, 6.45) is 0.115. The van der Waals surface area contributed by atoms with Crippen LogP contribution in [0, 0.1) is 19.8 Å². The Hall–Kier alpha value is -4.24. The van der Waals surface area contributed by atoms with E-state index < -0.39 is 5.92 Å². The van der Waals surface area contributed by atoms with Gasteiger partial charge in [-0.05, 0) is 43.7 Å². The second-order valence-electron chi connectivity index (χ2n) is 9.00. The molecule has 1 fully saturated rings. The van der Waals surface area contributed by atoms with E-state index >= 15 is 0 Å². The number of para-hydroxylation sites is 1. The number of carbonyl (C=O) groups is 3. The van der Waals surface area contributed by atoms with Crippen LogP contribution in [0.25, 0.3) is 0 Å². The molecule has 198 valence electrons. The Balaban J connectivity index is 1.34. The molecule has 0 aromatic heterocycles. The number of methoxy groups -OCH3 is 1. The highest BCUT2D eigenvalue weighted by atomic mass is 35.5. The van der Waals surface area contributed by atoms with Crippen LogP contribution in [0.1, 0.15) is 17.5 Å². The Morgan fingerprint density at radius 3 is 2.55 bits per heavy atom. The van der Waals surface area contributed by atoms with E-state index in [1.165, 1.54) is 13.2 Å². The van der Waals surface area contributed by atoms with Crippen molar-refractivity contribution in [2.75, 3.05) is 35.9 Å². The highest BCUT2D eigenvalue weighted by Gasteiger charge is 2.35. The number of halogens is 1. The van der Waals surface area contributed by atoms with Crippen molar-refractivity contribution in [3.05, 3.63) is 76.8 Å². The molecule has 1 atom stereocenters. The lowest BCUT2D eigenvalue weighted by molar-refractivity contribution is -0.125. The van der Waals surface area contributed by atoms with Crippen molar-refractivity contribution in [3.63, 3.8) is 0 Å². The van der Waals surface area contributed by atoms with Crippen LogP contribution in [0.4, 0.5) is 17.1 Å². The number of rotatable bonds is 9. The summed E-state index contributed by atoms with van der Waals surface area (Å²) in [6, 6.07) is 18.1. The van der Waals surface area contributed by atoms with Crippen molar-refractivity contribution in [1.82, 2.24) is 5.43 Å². The molecule has 1 saturated heterocycles. The molecule has 0 bridgehead atoms. The van der Waals surface area contributed by atoms with Gasteiger partial charge in [0.1, 0.15) is 0 Å². The van der Waals surface area contributed by atoms with Gasteiger partial charge in [0.25, 0.3) is 5.91 Å². The third-order valence-electron chi connectivity index (χ3n) is 6.13. The highest BCUT2D eigenvalue weighted by molar-refractivity contribution is 6.32. The Kier molecular flexibility index (Phi) is 8.38. The summed E-state index contributed by atoms with van der Waals surface area (Å²) in [7, 11) is 1.44. The molecule has 1 heterocycles. The molecule has 38 heavy (non-hydrogen) atoms. The fourth-order valence-electron chi connectivity index (χ4n) is 4.19. The summed E-state index contributed by atoms with van der Waals surface area (Å²) in [4.78, 5) is 39.2. The molecule has 3 aromatic carbocycles. The topological polar surface area (TPSA) is 109 Å². The van der Waals surface area contributed by atoms with Crippen LogP contribution in [0.15, 0.2) is 60.7 Å². The van der Waals surface area contributed by atoms with Crippen LogP contribution in [-0.2, 0) is 14.4 Å². The number of hydrazine groups is 1. The Labute approximate surface area is 226 Å². The standard InChI is InChI=1S/C28H29ClN4O5/c1-17-9-10-23(18(2)11-17)30-25(34)16-38-27-22(29)13-20(14-24(27)37-3)31-32-28(36)19-12-26(35)33(15-19)21-7-5-4-6-8-21/h4-11,13-14,19,31H,12,15-16H2,1-3H3,(H,30,34)(H,32,36)/t19-/m0/s1. The maximum Gasteiger partial charge on any atom is 0.262 e. The lowest BCUT2D eigenvalue weighted by atomic mass is 10.1. The molecule has 3 amide bonds. The van der Waals surface area contributed by atoms with Crippen molar-refractivity contribution < 1.29 is 23.9 Å². The normalized spacial score (nSPS) is 14.7. The molecule has 9 nitrogen and oxygen atoms in total. The van der Waals surface area contributed by atoms with Gasteiger partial charge in [-0.1, -0.05) is 47.5 Å². The van der Waals surface area contributed by atoms with Gasteiger partial charge in [0, 0.05) is 30.4 Å². The van der Waals surface area contributed by atoms with Gasteiger partial charge >= 0.3 is 0 Å². The number of nitrogens with one attached hydrogen (secondary N) is 3. The summed E-state index contributed by atoms with van der Waals surface area (Å²) >= 11 is 6.41. The van der Waals surface area contributed by atoms with Crippen LogP contribution < -0.4 is 30.5 Å². The monoisotopic (exact) mass is 536 g/mol. The minimum absolute atomic E-state index is 0.107. The molecular weight excluding hydrogens is 508 g/mol. The summed E-state index contributed by atoms with van der Waals surface area (Å²) in [5, 5.41) is 3.00. The van der Waals surface area contributed by atoms with E-state index in [0.717, 1.165) is 16.8 Å². The minimum atomic E-state index is -0.508. The molecule has 4 rings (SSSR count). The number of anilines is 3. The average Bonchev–Trinajstić information content (AvgIpc) is 3.30. The number of benzene rings is 3. The molecule has 3 N–H and O–H groups in total. The number of hydrogen-bond acceptors (Lipinski definition) is 6. The SMILES string of the molecule is COc1cc(NNC(=O)[C@H]2CC(=O)N(c3ccccc3)C2)cc(Cl)c1OCC(=O)Nc1ccc(C)cc1C. The van der Waals surface area contributed by atoms with Crippen molar-refractivity contribution in [2.45, 2.75) is 20.3 Å². The maximum atomic E-state index is 12.7. The van der Waals surface area contributed by atoms with Gasteiger partial charge < -0.3 is 19.7 Å². The summed E-state index contributed by atoms with van der Waals surface area (Å²) < 4.78 is 11.0. The van der Waals surface area contributed by atoms with Crippen molar-refractivity contribution >= 4 is 46.4 Å². The largest absolute Gasteiger partial charge is 0.493 e. The third-order valence-corrected chi connectivity index (χ3v) is 6.41. The first-order valence-corrected chi connectivity index (χ1v) is 12.4. The quantitative estimate of drug-likeness (QED) is 0.348. The van der Waals surface area contributed by atoms with Gasteiger partial charge in [0.05, 0.1) is 23.7 Å². The predicted octanol–water partition coefficient (Wildman–Crippen LogP) is 4.48. The second-order valence-corrected chi connectivity index (χ2v) is 9.41. The van der Waals surface area contributed by atoms with Gasteiger partial charge in [-0.3, -0.25) is 25.2 Å². The van der Waals surface area contributed by atoms with Crippen LogP contribution >= 0.6 is 11.6 Å².